The van der Waals surface area contributed by atoms with E-state index in [1.807, 2.05) is 25.1 Å². The lowest BCUT2D eigenvalue weighted by atomic mass is 10.3. The Kier molecular flexibility index (Phi) is 4.72. The standard InChI is InChI=1S/C11H12ClNS/c1-2-3-4-8-14-11-9(12)6-5-7-10(11)13/h5-7H,4,8,13H2,1H3. The van der Waals surface area contributed by atoms with Gasteiger partial charge in [0.05, 0.1) is 5.02 Å². The topological polar surface area (TPSA) is 26.0 Å². The molecule has 1 rings (SSSR count). The Balaban J connectivity index is 2.60. The molecule has 0 radical (unpaired) electrons. The number of rotatable bonds is 3. The van der Waals surface area contributed by atoms with Crippen LogP contribution in [0.4, 0.5) is 5.69 Å². The molecule has 0 aliphatic heterocycles. The third kappa shape index (κ3) is 3.17. The van der Waals surface area contributed by atoms with E-state index in [0.29, 0.717) is 0 Å². The summed E-state index contributed by atoms with van der Waals surface area (Å²) < 4.78 is 0. The molecule has 0 unspecified atom stereocenters. The van der Waals surface area contributed by atoms with Gasteiger partial charge in [-0.15, -0.1) is 23.6 Å². The van der Waals surface area contributed by atoms with Gasteiger partial charge in [-0.2, -0.15) is 0 Å². The highest BCUT2D eigenvalue weighted by Crippen LogP contribution is 2.32. The minimum Gasteiger partial charge on any atom is -0.398 e. The van der Waals surface area contributed by atoms with E-state index in [9.17, 15) is 0 Å². The van der Waals surface area contributed by atoms with Gasteiger partial charge in [-0.05, 0) is 19.1 Å². The van der Waals surface area contributed by atoms with Gasteiger partial charge in [0.25, 0.3) is 0 Å². The van der Waals surface area contributed by atoms with Crippen LogP contribution in [0.1, 0.15) is 13.3 Å². The van der Waals surface area contributed by atoms with Gasteiger partial charge < -0.3 is 5.73 Å². The maximum Gasteiger partial charge on any atom is 0.0562 e. The third-order valence-corrected chi connectivity index (χ3v) is 3.23. The largest absolute Gasteiger partial charge is 0.398 e. The van der Waals surface area contributed by atoms with E-state index in [0.717, 1.165) is 27.8 Å². The second-order valence-electron chi connectivity index (χ2n) is 2.68. The third-order valence-electron chi connectivity index (χ3n) is 1.65. The van der Waals surface area contributed by atoms with Gasteiger partial charge in [-0.3, -0.25) is 0 Å². The number of hydrogen-bond donors (Lipinski definition) is 1. The molecule has 0 aliphatic rings. The molecule has 2 N–H and O–H groups in total. The molecule has 74 valence electrons. The zero-order valence-corrected chi connectivity index (χ0v) is 9.58. The number of nitrogen functional groups attached to an aromatic ring is 1. The van der Waals surface area contributed by atoms with Crippen molar-refractivity contribution in [2.24, 2.45) is 0 Å². The highest BCUT2D eigenvalue weighted by atomic mass is 35.5. The second-order valence-corrected chi connectivity index (χ2v) is 4.20. The van der Waals surface area contributed by atoms with E-state index >= 15 is 0 Å². The monoisotopic (exact) mass is 225 g/mol. The molecule has 0 aromatic heterocycles. The van der Waals surface area contributed by atoms with Crippen molar-refractivity contribution in [3.63, 3.8) is 0 Å². The molecule has 0 atom stereocenters. The van der Waals surface area contributed by atoms with E-state index in [4.69, 9.17) is 17.3 Å². The van der Waals surface area contributed by atoms with Crippen LogP contribution < -0.4 is 5.73 Å². The van der Waals surface area contributed by atoms with Crippen LogP contribution >= 0.6 is 23.4 Å². The number of hydrogen-bond acceptors (Lipinski definition) is 2. The minimum atomic E-state index is 0.722. The summed E-state index contributed by atoms with van der Waals surface area (Å²) in [6, 6.07) is 5.57. The fourth-order valence-electron chi connectivity index (χ4n) is 1.01. The van der Waals surface area contributed by atoms with Crippen LogP contribution in [0.2, 0.25) is 5.02 Å². The summed E-state index contributed by atoms with van der Waals surface area (Å²) >= 11 is 7.66. The van der Waals surface area contributed by atoms with Crippen molar-refractivity contribution in [3.8, 4) is 11.8 Å². The molecule has 1 nitrogen and oxygen atoms in total. The molecule has 0 fully saturated rings. The van der Waals surface area contributed by atoms with E-state index in [-0.39, 0.29) is 0 Å². The highest BCUT2D eigenvalue weighted by Gasteiger charge is 2.03. The van der Waals surface area contributed by atoms with Gasteiger partial charge in [0, 0.05) is 22.8 Å². The van der Waals surface area contributed by atoms with Crippen molar-refractivity contribution in [3.05, 3.63) is 23.2 Å². The number of halogens is 1. The summed E-state index contributed by atoms with van der Waals surface area (Å²) in [5.74, 6) is 6.78. The summed E-state index contributed by atoms with van der Waals surface area (Å²) in [6.45, 7) is 1.84. The zero-order valence-electron chi connectivity index (χ0n) is 8.01. The lowest BCUT2D eigenvalue weighted by Gasteiger charge is -2.05. The Labute approximate surface area is 94.0 Å². The molecule has 0 bridgehead atoms. The summed E-state index contributed by atoms with van der Waals surface area (Å²) in [5.41, 5.74) is 6.54. The van der Waals surface area contributed by atoms with Crippen LogP contribution in [-0.4, -0.2) is 5.75 Å². The highest BCUT2D eigenvalue weighted by molar-refractivity contribution is 7.99. The van der Waals surface area contributed by atoms with E-state index in [1.165, 1.54) is 0 Å². The first-order valence-corrected chi connectivity index (χ1v) is 5.68. The fraction of sp³-hybridized carbons (Fsp3) is 0.273. The molecule has 0 aliphatic carbocycles. The van der Waals surface area contributed by atoms with E-state index in [1.54, 1.807) is 11.8 Å². The van der Waals surface area contributed by atoms with Crippen LogP contribution in [-0.2, 0) is 0 Å². The van der Waals surface area contributed by atoms with E-state index in [2.05, 4.69) is 11.8 Å². The Morgan fingerprint density at radius 3 is 2.93 bits per heavy atom. The van der Waals surface area contributed by atoms with Crippen molar-refractivity contribution in [2.45, 2.75) is 18.2 Å². The first kappa shape index (κ1) is 11.3. The van der Waals surface area contributed by atoms with E-state index < -0.39 is 0 Å². The quantitative estimate of drug-likeness (QED) is 0.369. The minimum absolute atomic E-state index is 0.722. The number of benzene rings is 1. The van der Waals surface area contributed by atoms with Gasteiger partial charge in [0.1, 0.15) is 0 Å². The average molecular weight is 226 g/mol. The summed E-state index contributed by atoms with van der Waals surface area (Å²) in [4.78, 5) is 0.965. The van der Waals surface area contributed by atoms with Crippen LogP contribution in [0, 0.1) is 11.8 Å². The molecular weight excluding hydrogens is 214 g/mol. The van der Waals surface area contributed by atoms with Crippen LogP contribution in [0.3, 0.4) is 0 Å². The van der Waals surface area contributed by atoms with Crippen molar-refractivity contribution in [2.75, 3.05) is 11.5 Å². The number of anilines is 1. The second kappa shape index (κ2) is 5.85. The molecule has 0 spiro atoms. The Morgan fingerprint density at radius 2 is 2.29 bits per heavy atom. The summed E-state index contributed by atoms with van der Waals surface area (Å²) in [6.07, 6.45) is 0.867. The molecular formula is C11H12ClNS. The molecule has 0 heterocycles. The molecule has 0 saturated carbocycles. The molecule has 1 aromatic rings. The Bertz CT molecular complexity index is 345. The summed E-state index contributed by atoms with van der Waals surface area (Å²) in [7, 11) is 0. The van der Waals surface area contributed by atoms with Crippen molar-refractivity contribution in [1.82, 2.24) is 0 Å². The van der Waals surface area contributed by atoms with Gasteiger partial charge in [0.15, 0.2) is 0 Å². The number of nitrogens with two attached hydrogens (primary N) is 1. The number of thioether (sulfide) groups is 1. The van der Waals surface area contributed by atoms with Crippen molar-refractivity contribution in [1.29, 1.82) is 0 Å². The summed E-state index contributed by atoms with van der Waals surface area (Å²) in [5, 5.41) is 0.722. The molecule has 1 aromatic carbocycles. The Morgan fingerprint density at radius 1 is 1.50 bits per heavy atom. The van der Waals surface area contributed by atoms with Crippen LogP contribution in [0.15, 0.2) is 23.1 Å². The van der Waals surface area contributed by atoms with Crippen molar-refractivity contribution >= 4 is 29.1 Å². The lowest BCUT2D eigenvalue weighted by Crippen LogP contribution is -1.89. The molecule has 14 heavy (non-hydrogen) atoms. The maximum atomic E-state index is 6.01. The average Bonchev–Trinajstić information content (AvgIpc) is 2.16. The predicted octanol–water partition coefficient (Wildman–Crippen LogP) is 3.43. The van der Waals surface area contributed by atoms with Gasteiger partial charge >= 0.3 is 0 Å². The smallest absolute Gasteiger partial charge is 0.0562 e. The zero-order chi connectivity index (χ0) is 10.4. The SMILES string of the molecule is CC#CCCSc1c(N)cccc1Cl. The van der Waals surface area contributed by atoms with Crippen LogP contribution in [0.25, 0.3) is 0 Å². The predicted molar refractivity (Wildman–Crippen MR) is 64.7 cm³/mol. The Hall–Kier alpha value is -0.780. The fourth-order valence-corrected chi connectivity index (χ4v) is 2.20. The molecule has 3 heteroatoms. The molecule has 0 amide bonds. The first-order chi connectivity index (χ1) is 6.75. The molecule has 0 saturated heterocycles. The van der Waals surface area contributed by atoms with Gasteiger partial charge in [-0.1, -0.05) is 17.7 Å². The first-order valence-electron chi connectivity index (χ1n) is 4.32. The lowest BCUT2D eigenvalue weighted by molar-refractivity contribution is 1.29. The van der Waals surface area contributed by atoms with Crippen molar-refractivity contribution < 1.29 is 0 Å². The normalized spacial score (nSPS) is 9.29. The maximum absolute atomic E-state index is 6.01. The van der Waals surface area contributed by atoms with Gasteiger partial charge in [0.2, 0.25) is 0 Å². The van der Waals surface area contributed by atoms with Gasteiger partial charge in [-0.25, -0.2) is 0 Å². The van der Waals surface area contributed by atoms with Crippen LogP contribution in [0.5, 0.6) is 0 Å².